The fourth-order valence-electron chi connectivity index (χ4n) is 3.55. The molecule has 1 aliphatic rings. The molecule has 1 fully saturated rings. The molecule has 9 heteroatoms. The van der Waals surface area contributed by atoms with Crippen molar-refractivity contribution in [3.05, 3.63) is 54.0 Å². The van der Waals surface area contributed by atoms with E-state index in [1.807, 2.05) is 18.2 Å². The summed E-state index contributed by atoms with van der Waals surface area (Å²) >= 11 is 0. The molecule has 0 spiro atoms. The zero-order chi connectivity index (χ0) is 20.5. The van der Waals surface area contributed by atoms with E-state index in [0.717, 1.165) is 24.4 Å². The Morgan fingerprint density at radius 3 is 2.63 bits per heavy atom. The molecule has 1 aromatic carbocycles. The van der Waals surface area contributed by atoms with E-state index in [1.54, 1.807) is 25.4 Å². The van der Waals surface area contributed by atoms with Crippen molar-refractivity contribution in [3.63, 3.8) is 0 Å². The third-order valence-electron chi connectivity index (χ3n) is 4.97. The van der Waals surface area contributed by atoms with Crippen LogP contribution in [0.2, 0.25) is 0 Å². The molecule has 3 rings (SSSR count). The Kier molecular flexibility index (Phi) is 10.4. The summed E-state index contributed by atoms with van der Waals surface area (Å²) in [6.07, 6.45) is 5.36. The number of piperidine rings is 1. The first-order valence-electron chi connectivity index (χ1n) is 9.91. The van der Waals surface area contributed by atoms with E-state index in [4.69, 9.17) is 4.42 Å². The van der Waals surface area contributed by atoms with Crippen molar-refractivity contribution in [1.82, 2.24) is 15.5 Å². The molecular weight excluding hydrogens is 505 g/mol. The maximum atomic E-state index is 12.4. The van der Waals surface area contributed by atoms with Gasteiger partial charge in [0.25, 0.3) is 0 Å². The Bertz CT molecular complexity index is 768. The van der Waals surface area contributed by atoms with Crippen LogP contribution in [0.5, 0.6) is 5.75 Å². The number of nitrogens with one attached hydrogen (secondary N) is 2. The van der Waals surface area contributed by atoms with E-state index in [-0.39, 0.29) is 35.8 Å². The van der Waals surface area contributed by atoms with Crippen LogP contribution in [0.1, 0.15) is 36.6 Å². The number of guanidine groups is 1. The minimum Gasteiger partial charge on any atom is -0.468 e. The molecule has 30 heavy (non-hydrogen) atoms. The summed E-state index contributed by atoms with van der Waals surface area (Å²) in [5, 5.41) is 6.57. The maximum absolute atomic E-state index is 12.4. The zero-order valence-corrected chi connectivity index (χ0v) is 19.4. The number of halogens is 3. The molecule has 1 atom stereocenters. The topological polar surface area (TPSA) is 62.0 Å². The Morgan fingerprint density at radius 2 is 1.97 bits per heavy atom. The van der Waals surface area contributed by atoms with Gasteiger partial charge < -0.3 is 19.8 Å². The molecule has 166 valence electrons. The largest absolute Gasteiger partial charge is 0.468 e. The lowest BCUT2D eigenvalue weighted by molar-refractivity contribution is -0.0498. The Morgan fingerprint density at radius 1 is 1.17 bits per heavy atom. The van der Waals surface area contributed by atoms with Gasteiger partial charge in [0.15, 0.2) is 5.96 Å². The molecule has 0 bridgehead atoms. The first kappa shape index (κ1) is 24.4. The summed E-state index contributed by atoms with van der Waals surface area (Å²) in [6, 6.07) is 10.7. The van der Waals surface area contributed by atoms with Gasteiger partial charge in [-0.15, -0.1) is 24.0 Å². The predicted octanol–water partition coefficient (Wildman–Crippen LogP) is 4.39. The molecule has 1 unspecified atom stereocenters. The summed E-state index contributed by atoms with van der Waals surface area (Å²) in [5.41, 5.74) is 0.824. The Balaban J connectivity index is 0.00000320. The van der Waals surface area contributed by atoms with Gasteiger partial charge in [0.1, 0.15) is 11.5 Å². The molecule has 1 aliphatic heterocycles. The van der Waals surface area contributed by atoms with Crippen LogP contribution >= 0.6 is 24.0 Å². The van der Waals surface area contributed by atoms with Crippen LogP contribution in [0, 0.1) is 0 Å². The summed E-state index contributed by atoms with van der Waals surface area (Å²) in [5.74, 6) is 1.72. The van der Waals surface area contributed by atoms with E-state index in [9.17, 15) is 8.78 Å². The normalized spacial score (nSPS) is 16.1. The van der Waals surface area contributed by atoms with Gasteiger partial charge in [0, 0.05) is 20.1 Å². The molecule has 0 aliphatic carbocycles. The van der Waals surface area contributed by atoms with Gasteiger partial charge in [-0.3, -0.25) is 9.89 Å². The van der Waals surface area contributed by atoms with Crippen LogP contribution in [0.4, 0.5) is 8.78 Å². The summed E-state index contributed by atoms with van der Waals surface area (Å²) in [6.45, 7) is 0.365. The molecule has 1 aromatic heterocycles. The van der Waals surface area contributed by atoms with Crippen LogP contribution < -0.4 is 15.4 Å². The van der Waals surface area contributed by atoms with Gasteiger partial charge in [-0.1, -0.05) is 18.6 Å². The summed E-state index contributed by atoms with van der Waals surface area (Å²) in [7, 11) is 1.70. The maximum Gasteiger partial charge on any atom is 0.387 e. The van der Waals surface area contributed by atoms with Gasteiger partial charge in [-0.25, -0.2) is 0 Å². The SMILES string of the molecule is CN=C(NCc1cccc(OC(F)F)c1)NCC(c1ccco1)N1CCCCC1.I. The average molecular weight is 534 g/mol. The number of alkyl halides is 2. The summed E-state index contributed by atoms with van der Waals surface area (Å²) < 4.78 is 34.9. The number of likely N-dealkylation sites (tertiary alicyclic amines) is 1. The van der Waals surface area contributed by atoms with Crippen molar-refractivity contribution in [1.29, 1.82) is 0 Å². The summed E-state index contributed by atoms with van der Waals surface area (Å²) in [4.78, 5) is 6.70. The van der Waals surface area contributed by atoms with Crippen LogP contribution in [0.25, 0.3) is 0 Å². The molecule has 0 saturated carbocycles. The molecule has 6 nitrogen and oxygen atoms in total. The Hall–Kier alpha value is -1.88. The van der Waals surface area contributed by atoms with Crippen molar-refractivity contribution >= 4 is 29.9 Å². The lowest BCUT2D eigenvalue weighted by Crippen LogP contribution is -2.44. The van der Waals surface area contributed by atoms with Gasteiger partial charge >= 0.3 is 6.61 Å². The number of aliphatic imine (C=N–C) groups is 1. The third kappa shape index (κ3) is 7.42. The van der Waals surface area contributed by atoms with Gasteiger partial charge in [0.05, 0.1) is 12.3 Å². The number of benzene rings is 1. The zero-order valence-electron chi connectivity index (χ0n) is 17.0. The predicted molar refractivity (Wildman–Crippen MR) is 124 cm³/mol. The van der Waals surface area contributed by atoms with E-state index < -0.39 is 6.61 Å². The van der Waals surface area contributed by atoms with Crippen molar-refractivity contribution in [2.24, 2.45) is 4.99 Å². The van der Waals surface area contributed by atoms with Gasteiger partial charge in [-0.2, -0.15) is 8.78 Å². The minimum atomic E-state index is -2.83. The molecule has 2 aromatic rings. The number of ether oxygens (including phenoxy) is 1. The molecule has 2 N–H and O–H groups in total. The van der Waals surface area contributed by atoms with E-state index in [0.29, 0.717) is 19.0 Å². The van der Waals surface area contributed by atoms with Crippen LogP contribution in [0.3, 0.4) is 0 Å². The fraction of sp³-hybridized carbons (Fsp3) is 0.476. The van der Waals surface area contributed by atoms with E-state index in [2.05, 4.69) is 25.3 Å². The van der Waals surface area contributed by atoms with Crippen LogP contribution in [0.15, 0.2) is 52.1 Å². The number of hydrogen-bond acceptors (Lipinski definition) is 4. The third-order valence-corrected chi connectivity index (χ3v) is 4.97. The number of rotatable bonds is 8. The highest BCUT2D eigenvalue weighted by atomic mass is 127. The first-order chi connectivity index (χ1) is 14.2. The second-order valence-corrected chi connectivity index (χ2v) is 6.96. The molecule has 2 heterocycles. The minimum absolute atomic E-state index is 0. The van der Waals surface area contributed by atoms with Crippen LogP contribution in [-0.2, 0) is 6.54 Å². The number of hydrogen-bond donors (Lipinski definition) is 2. The standard InChI is InChI=1S/C21H28F2N4O2.HI/c1-24-21(25-14-16-7-5-8-17(13-16)29-20(22)23)26-15-18(19-9-6-12-28-19)27-10-3-2-4-11-27;/h5-9,12-13,18,20H,2-4,10-11,14-15H2,1H3,(H2,24,25,26);1H. The average Bonchev–Trinajstić information content (AvgIpc) is 3.25. The lowest BCUT2D eigenvalue weighted by atomic mass is 10.1. The molecule has 0 amide bonds. The van der Waals surface area contributed by atoms with Gasteiger partial charge in [-0.05, 0) is 55.8 Å². The van der Waals surface area contributed by atoms with Crippen LogP contribution in [-0.4, -0.2) is 44.2 Å². The lowest BCUT2D eigenvalue weighted by Gasteiger charge is -2.33. The second kappa shape index (κ2) is 12.7. The highest BCUT2D eigenvalue weighted by Gasteiger charge is 2.24. The molecule has 1 saturated heterocycles. The van der Waals surface area contributed by atoms with E-state index in [1.165, 1.54) is 25.3 Å². The quantitative estimate of drug-likeness (QED) is 0.299. The van der Waals surface area contributed by atoms with Gasteiger partial charge in [0.2, 0.25) is 0 Å². The monoisotopic (exact) mass is 534 g/mol. The van der Waals surface area contributed by atoms with Crippen molar-refractivity contribution in [3.8, 4) is 5.75 Å². The molecular formula is C21H29F2IN4O2. The number of furan rings is 1. The smallest absolute Gasteiger partial charge is 0.387 e. The number of nitrogens with zero attached hydrogens (tertiary/aromatic N) is 2. The first-order valence-corrected chi connectivity index (χ1v) is 9.91. The van der Waals surface area contributed by atoms with Crippen molar-refractivity contribution in [2.45, 2.75) is 38.5 Å². The van der Waals surface area contributed by atoms with Crippen molar-refractivity contribution in [2.75, 3.05) is 26.7 Å². The highest BCUT2D eigenvalue weighted by molar-refractivity contribution is 14.0. The molecule has 0 radical (unpaired) electrons. The highest BCUT2D eigenvalue weighted by Crippen LogP contribution is 2.24. The van der Waals surface area contributed by atoms with E-state index >= 15 is 0 Å². The van der Waals surface area contributed by atoms with Crippen molar-refractivity contribution < 1.29 is 17.9 Å². The fourth-order valence-corrected chi connectivity index (χ4v) is 3.55. The Labute approximate surface area is 193 Å². The second-order valence-electron chi connectivity index (χ2n) is 6.96.